The van der Waals surface area contributed by atoms with E-state index in [1.54, 1.807) is 0 Å². The second-order valence-corrected chi connectivity index (χ2v) is 7.03. The highest BCUT2D eigenvalue weighted by molar-refractivity contribution is 9.11. The highest BCUT2D eigenvalue weighted by atomic mass is 79.9. The summed E-state index contributed by atoms with van der Waals surface area (Å²) in [7, 11) is 0. The van der Waals surface area contributed by atoms with Crippen molar-refractivity contribution in [3.63, 3.8) is 0 Å². The van der Waals surface area contributed by atoms with E-state index in [9.17, 15) is 0 Å². The lowest BCUT2D eigenvalue weighted by atomic mass is 10.1. The monoisotopic (exact) mass is 374 g/mol. The number of nitrogens with zero attached hydrogens (tertiary/aromatic N) is 1. The molecule has 0 amide bonds. The fraction of sp³-hybridized carbons (Fsp3) is 0.571. The van der Waals surface area contributed by atoms with Crippen LogP contribution < -0.4 is 10.2 Å². The van der Waals surface area contributed by atoms with E-state index in [0.29, 0.717) is 6.04 Å². The van der Waals surface area contributed by atoms with Gasteiger partial charge in [-0.1, -0.05) is 29.8 Å². The average Bonchev–Trinajstić information content (AvgIpc) is 2.78. The van der Waals surface area contributed by atoms with Crippen molar-refractivity contribution in [2.45, 2.75) is 26.3 Å². The van der Waals surface area contributed by atoms with Gasteiger partial charge in [-0.2, -0.15) is 0 Å². The molecule has 1 aromatic carbocycles. The van der Waals surface area contributed by atoms with E-state index >= 15 is 0 Å². The summed E-state index contributed by atoms with van der Waals surface area (Å²) in [5.74, 6) is 0.762. The zero-order valence-corrected chi connectivity index (χ0v) is 14.1. The second kappa shape index (κ2) is 6.40. The van der Waals surface area contributed by atoms with Crippen LogP contribution in [-0.2, 0) is 0 Å². The summed E-state index contributed by atoms with van der Waals surface area (Å²) in [5.41, 5.74) is 1.30. The summed E-state index contributed by atoms with van der Waals surface area (Å²) in [6.07, 6.45) is 1.28. The van der Waals surface area contributed by atoms with E-state index in [2.05, 4.69) is 74.1 Å². The molecule has 2 nitrogen and oxygen atoms in total. The molecule has 100 valence electrons. The predicted octanol–water partition coefficient (Wildman–Crippen LogP) is 4.04. The van der Waals surface area contributed by atoms with Gasteiger partial charge in [0.1, 0.15) is 0 Å². The zero-order valence-electron chi connectivity index (χ0n) is 10.9. The first-order valence-electron chi connectivity index (χ1n) is 6.49. The van der Waals surface area contributed by atoms with Crippen LogP contribution in [0.3, 0.4) is 0 Å². The minimum Gasteiger partial charge on any atom is -0.370 e. The van der Waals surface area contributed by atoms with Crippen LogP contribution in [0, 0.1) is 5.92 Å². The van der Waals surface area contributed by atoms with Gasteiger partial charge in [-0.3, -0.25) is 0 Å². The lowest BCUT2D eigenvalue weighted by Crippen LogP contribution is -2.30. The minimum absolute atomic E-state index is 0.580. The van der Waals surface area contributed by atoms with Crippen molar-refractivity contribution in [2.24, 2.45) is 5.92 Å². The molecule has 4 heteroatoms. The minimum atomic E-state index is 0.580. The van der Waals surface area contributed by atoms with Crippen molar-refractivity contribution in [3.05, 3.63) is 27.1 Å². The standard InChI is InChI=1S/C14H20Br2N2/c1-10(2)17-8-11-5-6-18(9-11)14-7-12(15)3-4-13(14)16/h3-4,7,10-11,17H,5-6,8-9H2,1-2H3. The number of nitrogens with one attached hydrogen (secondary N) is 1. The first-order chi connectivity index (χ1) is 8.56. The Morgan fingerprint density at radius 2 is 2.17 bits per heavy atom. The van der Waals surface area contributed by atoms with Crippen molar-refractivity contribution in [2.75, 3.05) is 24.5 Å². The highest BCUT2D eigenvalue weighted by Crippen LogP contribution is 2.32. The van der Waals surface area contributed by atoms with Crippen LogP contribution >= 0.6 is 31.9 Å². The van der Waals surface area contributed by atoms with Gasteiger partial charge in [0.05, 0.1) is 5.69 Å². The fourth-order valence-corrected chi connectivity index (χ4v) is 3.19. The quantitative estimate of drug-likeness (QED) is 0.854. The van der Waals surface area contributed by atoms with Gasteiger partial charge in [0.15, 0.2) is 0 Å². The van der Waals surface area contributed by atoms with Crippen molar-refractivity contribution >= 4 is 37.5 Å². The summed E-state index contributed by atoms with van der Waals surface area (Å²) in [5, 5.41) is 3.54. The Morgan fingerprint density at radius 3 is 2.89 bits per heavy atom. The number of hydrogen-bond acceptors (Lipinski definition) is 2. The Morgan fingerprint density at radius 1 is 1.39 bits per heavy atom. The zero-order chi connectivity index (χ0) is 13.1. The van der Waals surface area contributed by atoms with E-state index in [1.807, 2.05) is 0 Å². The average molecular weight is 376 g/mol. The summed E-state index contributed by atoms with van der Waals surface area (Å²) in [6.45, 7) is 7.84. The van der Waals surface area contributed by atoms with Gasteiger partial charge in [0.2, 0.25) is 0 Å². The van der Waals surface area contributed by atoms with E-state index in [-0.39, 0.29) is 0 Å². The van der Waals surface area contributed by atoms with Gasteiger partial charge in [-0.05, 0) is 53.0 Å². The molecule has 1 heterocycles. The third-order valence-corrected chi connectivity index (χ3v) is 4.51. The Kier molecular flexibility index (Phi) is 5.10. The first-order valence-corrected chi connectivity index (χ1v) is 8.08. The van der Waals surface area contributed by atoms with Gasteiger partial charge in [-0.25, -0.2) is 0 Å². The molecule has 1 atom stereocenters. The number of anilines is 1. The van der Waals surface area contributed by atoms with Gasteiger partial charge in [-0.15, -0.1) is 0 Å². The molecule has 0 saturated carbocycles. The second-order valence-electron chi connectivity index (χ2n) is 5.26. The molecule has 1 fully saturated rings. The molecule has 1 saturated heterocycles. The van der Waals surface area contributed by atoms with Crippen molar-refractivity contribution in [1.29, 1.82) is 0 Å². The maximum Gasteiger partial charge on any atom is 0.0522 e. The van der Waals surface area contributed by atoms with Crippen LogP contribution in [0.4, 0.5) is 5.69 Å². The Labute approximate surface area is 126 Å². The van der Waals surface area contributed by atoms with Crippen LogP contribution in [-0.4, -0.2) is 25.7 Å². The van der Waals surface area contributed by atoms with E-state index in [4.69, 9.17) is 0 Å². The Bertz CT molecular complexity index is 407. The molecule has 0 aliphatic carbocycles. The number of benzene rings is 1. The van der Waals surface area contributed by atoms with Gasteiger partial charge in [0, 0.05) is 28.1 Å². The predicted molar refractivity (Wildman–Crippen MR) is 85.3 cm³/mol. The molecule has 2 rings (SSSR count). The van der Waals surface area contributed by atoms with Crippen molar-refractivity contribution < 1.29 is 0 Å². The molecule has 0 radical (unpaired) electrons. The molecule has 0 bridgehead atoms. The van der Waals surface area contributed by atoms with Gasteiger partial charge in [0.25, 0.3) is 0 Å². The molecule has 0 spiro atoms. The molecule has 1 aromatic rings. The summed E-state index contributed by atoms with van der Waals surface area (Å²) in [4.78, 5) is 2.47. The van der Waals surface area contributed by atoms with E-state index < -0.39 is 0 Å². The topological polar surface area (TPSA) is 15.3 Å². The van der Waals surface area contributed by atoms with Gasteiger partial charge < -0.3 is 10.2 Å². The Hall–Kier alpha value is -0.0600. The summed E-state index contributed by atoms with van der Waals surface area (Å²) >= 11 is 7.19. The smallest absolute Gasteiger partial charge is 0.0522 e. The molecular weight excluding hydrogens is 356 g/mol. The van der Waals surface area contributed by atoms with Crippen LogP contribution in [0.2, 0.25) is 0 Å². The van der Waals surface area contributed by atoms with Gasteiger partial charge >= 0.3 is 0 Å². The molecule has 1 aliphatic heterocycles. The number of halogens is 2. The van der Waals surface area contributed by atoms with Crippen LogP contribution in [0.5, 0.6) is 0 Å². The molecule has 1 N–H and O–H groups in total. The molecular formula is C14H20Br2N2. The molecule has 18 heavy (non-hydrogen) atoms. The fourth-order valence-electron chi connectivity index (χ4n) is 2.35. The maximum atomic E-state index is 3.64. The first kappa shape index (κ1) is 14.4. The van der Waals surface area contributed by atoms with Crippen LogP contribution in [0.15, 0.2) is 27.1 Å². The summed E-state index contributed by atoms with van der Waals surface area (Å²) < 4.78 is 2.33. The van der Waals surface area contributed by atoms with Crippen molar-refractivity contribution in [1.82, 2.24) is 5.32 Å². The molecule has 1 aliphatic rings. The number of hydrogen-bond donors (Lipinski definition) is 1. The third kappa shape index (κ3) is 3.72. The normalized spacial score (nSPS) is 19.8. The number of rotatable bonds is 4. The highest BCUT2D eigenvalue weighted by Gasteiger charge is 2.23. The Balaban J connectivity index is 1.97. The lowest BCUT2D eigenvalue weighted by Gasteiger charge is -2.21. The van der Waals surface area contributed by atoms with Crippen LogP contribution in [0.25, 0.3) is 0 Å². The van der Waals surface area contributed by atoms with E-state index in [1.165, 1.54) is 16.6 Å². The van der Waals surface area contributed by atoms with Crippen LogP contribution in [0.1, 0.15) is 20.3 Å². The lowest BCUT2D eigenvalue weighted by molar-refractivity contribution is 0.480. The SMILES string of the molecule is CC(C)NCC1CCN(c2cc(Br)ccc2Br)C1. The third-order valence-electron chi connectivity index (χ3n) is 3.35. The van der Waals surface area contributed by atoms with E-state index in [0.717, 1.165) is 30.0 Å². The molecule has 1 unspecified atom stereocenters. The van der Waals surface area contributed by atoms with Crippen molar-refractivity contribution in [3.8, 4) is 0 Å². The summed E-state index contributed by atoms with van der Waals surface area (Å²) in [6, 6.07) is 6.96. The maximum absolute atomic E-state index is 3.64. The largest absolute Gasteiger partial charge is 0.370 e. The molecule has 0 aromatic heterocycles.